The second-order valence-corrected chi connectivity index (χ2v) is 4.45. The molecule has 0 saturated heterocycles. The lowest BCUT2D eigenvalue weighted by Gasteiger charge is -2.08. The maximum atomic E-state index is 11.8. The van der Waals surface area contributed by atoms with Crippen molar-refractivity contribution in [3.05, 3.63) is 54.4 Å². The van der Waals surface area contributed by atoms with E-state index in [0.717, 1.165) is 17.1 Å². The van der Waals surface area contributed by atoms with Crippen molar-refractivity contribution in [2.75, 3.05) is 11.9 Å². The highest BCUT2D eigenvalue weighted by molar-refractivity contribution is 5.91. The van der Waals surface area contributed by atoms with Gasteiger partial charge in [0.25, 0.3) is 0 Å². The van der Waals surface area contributed by atoms with Crippen LogP contribution in [-0.4, -0.2) is 17.5 Å². The Morgan fingerprint density at radius 3 is 2.75 bits per heavy atom. The minimum atomic E-state index is -0.0160. The Morgan fingerprint density at radius 2 is 2.00 bits per heavy atom. The van der Waals surface area contributed by atoms with E-state index in [1.807, 2.05) is 43.3 Å². The quantitative estimate of drug-likeness (QED) is 0.820. The summed E-state index contributed by atoms with van der Waals surface area (Å²) >= 11 is 0. The van der Waals surface area contributed by atoms with Crippen molar-refractivity contribution in [2.45, 2.75) is 19.8 Å². The lowest BCUT2D eigenvalue weighted by atomic mass is 10.2. The summed E-state index contributed by atoms with van der Waals surface area (Å²) in [5.74, 6) is 0.814. The van der Waals surface area contributed by atoms with E-state index in [2.05, 4.69) is 10.3 Å². The Bertz CT molecular complexity index is 555. The Morgan fingerprint density at radius 1 is 1.20 bits per heavy atom. The molecule has 0 radical (unpaired) electrons. The van der Waals surface area contributed by atoms with Crippen molar-refractivity contribution in [1.29, 1.82) is 0 Å². The van der Waals surface area contributed by atoms with E-state index in [1.54, 1.807) is 12.3 Å². The van der Waals surface area contributed by atoms with Crippen molar-refractivity contribution >= 4 is 11.6 Å². The van der Waals surface area contributed by atoms with Gasteiger partial charge < -0.3 is 10.1 Å². The first kappa shape index (κ1) is 14.1. The largest absolute Gasteiger partial charge is 0.494 e. The molecule has 0 bridgehead atoms. The van der Waals surface area contributed by atoms with E-state index in [0.29, 0.717) is 19.4 Å². The SMILES string of the molecule is Cc1ncccc1NC(=O)CCCOc1ccccc1. The van der Waals surface area contributed by atoms with Gasteiger partial charge in [0.15, 0.2) is 0 Å². The fourth-order valence-electron chi connectivity index (χ4n) is 1.77. The van der Waals surface area contributed by atoms with Gasteiger partial charge in [0.1, 0.15) is 5.75 Å². The van der Waals surface area contributed by atoms with E-state index in [4.69, 9.17) is 4.74 Å². The van der Waals surface area contributed by atoms with E-state index in [-0.39, 0.29) is 5.91 Å². The molecule has 0 aliphatic rings. The van der Waals surface area contributed by atoms with Gasteiger partial charge in [0, 0.05) is 12.6 Å². The number of hydrogen-bond acceptors (Lipinski definition) is 3. The molecule has 0 aliphatic carbocycles. The number of hydrogen-bond donors (Lipinski definition) is 1. The first-order chi connectivity index (χ1) is 9.75. The molecule has 0 saturated carbocycles. The summed E-state index contributed by atoms with van der Waals surface area (Å²) in [6.07, 6.45) is 2.82. The standard InChI is InChI=1S/C16H18N2O2/c1-13-15(9-5-11-17-13)18-16(19)10-6-12-20-14-7-3-2-4-8-14/h2-5,7-9,11H,6,10,12H2,1H3,(H,18,19). The van der Waals surface area contributed by atoms with Gasteiger partial charge in [-0.15, -0.1) is 0 Å². The summed E-state index contributed by atoms with van der Waals surface area (Å²) < 4.78 is 5.54. The monoisotopic (exact) mass is 270 g/mol. The molecule has 1 heterocycles. The molecule has 1 amide bonds. The van der Waals surface area contributed by atoms with Gasteiger partial charge in [-0.1, -0.05) is 18.2 Å². The van der Waals surface area contributed by atoms with E-state index >= 15 is 0 Å². The van der Waals surface area contributed by atoms with E-state index in [1.165, 1.54) is 0 Å². The Balaban J connectivity index is 1.69. The van der Waals surface area contributed by atoms with Gasteiger partial charge in [0.2, 0.25) is 5.91 Å². The molecule has 2 rings (SSSR count). The van der Waals surface area contributed by atoms with Crippen molar-refractivity contribution in [3.63, 3.8) is 0 Å². The number of aryl methyl sites for hydroxylation is 1. The van der Waals surface area contributed by atoms with E-state index in [9.17, 15) is 4.79 Å². The predicted molar refractivity (Wildman–Crippen MR) is 78.8 cm³/mol. The van der Waals surface area contributed by atoms with Crippen molar-refractivity contribution in [2.24, 2.45) is 0 Å². The molecule has 20 heavy (non-hydrogen) atoms. The number of amides is 1. The third-order valence-corrected chi connectivity index (χ3v) is 2.84. The zero-order chi connectivity index (χ0) is 14.2. The maximum absolute atomic E-state index is 11.8. The Hall–Kier alpha value is -2.36. The number of ether oxygens (including phenoxy) is 1. The average molecular weight is 270 g/mol. The molecule has 0 fully saturated rings. The van der Waals surface area contributed by atoms with Crippen molar-refractivity contribution in [3.8, 4) is 5.75 Å². The zero-order valence-electron chi connectivity index (χ0n) is 11.5. The van der Waals surface area contributed by atoms with Gasteiger partial charge in [-0.25, -0.2) is 0 Å². The first-order valence-corrected chi connectivity index (χ1v) is 6.65. The van der Waals surface area contributed by atoms with Crippen LogP contribution in [0.3, 0.4) is 0 Å². The minimum Gasteiger partial charge on any atom is -0.494 e. The number of para-hydroxylation sites is 1. The average Bonchev–Trinajstić information content (AvgIpc) is 2.47. The molecule has 0 spiro atoms. The summed E-state index contributed by atoms with van der Waals surface area (Å²) in [6.45, 7) is 2.40. The highest BCUT2D eigenvalue weighted by Crippen LogP contribution is 2.12. The number of carbonyl (C=O) groups excluding carboxylic acids is 1. The number of aromatic nitrogens is 1. The van der Waals surface area contributed by atoms with Gasteiger partial charge >= 0.3 is 0 Å². The smallest absolute Gasteiger partial charge is 0.224 e. The molecule has 0 unspecified atom stereocenters. The van der Waals surface area contributed by atoms with Crippen molar-refractivity contribution in [1.82, 2.24) is 4.98 Å². The molecule has 0 atom stereocenters. The van der Waals surface area contributed by atoms with Crippen LogP contribution in [0.1, 0.15) is 18.5 Å². The zero-order valence-corrected chi connectivity index (χ0v) is 11.5. The summed E-state index contributed by atoms with van der Waals surface area (Å²) in [6, 6.07) is 13.2. The topological polar surface area (TPSA) is 51.2 Å². The van der Waals surface area contributed by atoms with Gasteiger partial charge in [-0.2, -0.15) is 0 Å². The summed E-state index contributed by atoms with van der Waals surface area (Å²) in [5, 5.41) is 2.85. The Kier molecular flexibility index (Phi) is 5.12. The summed E-state index contributed by atoms with van der Waals surface area (Å²) in [5.41, 5.74) is 1.59. The number of nitrogens with zero attached hydrogens (tertiary/aromatic N) is 1. The third kappa shape index (κ3) is 4.39. The van der Waals surface area contributed by atoms with Crippen molar-refractivity contribution < 1.29 is 9.53 Å². The van der Waals surface area contributed by atoms with Crippen LogP contribution in [0.4, 0.5) is 5.69 Å². The summed E-state index contributed by atoms with van der Waals surface area (Å²) in [7, 11) is 0. The third-order valence-electron chi connectivity index (χ3n) is 2.84. The van der Waals surface area contributed by atoms with Crippen LogP contribution in [0.5, 0.6) is 5.75 Å². The molecular formula is C16H18N2O2. The minimum absolute atomic E-state index is 0.0160. The number of pyridine rings is 1. The number of rotatable bonds is 6. The molecule has 4 heteroatoms. The van der Waals surface area contributed by atoms with Crippen LogP contribution in [0.2, 0.25) is 0 Å². The predicted octanol–water partition coefficient (Wildman–Crippen LogP) is 3.19. The fraction of sp³-hybridized carbons (Fsp3) is 0.250. The lowest BCUT2D eigenvalue weighted by molar-refractivity contribution is -0.116. The van der Waals surface area contributed by atoms with Crippen LogP contribution >= 0.6 is 0 Å². The van der Waals surface area contributed by atoms with Crippen LogP contribution in [0, 0.1) is 6.92 Å². The molecule has 4 nitrogen and oxygen atoms in total. The van der Waals surface area contributed by atoms with E-state index < -0.39 is 0 Å². The van der Waals surface area contributed by atoms with Crippen LogP contribution in [0.15, 0.2) is 48.7 Å². The molecule has 0 aliphatic heterocycles. The number of nitrogens with one attached hydrogen (secondary N) is 1. The molecular weight excluding hydrogens is 252 g/mol. The summed E-state index contributed by atoms with van der Waals surface area (Å²) in [4.78, 5) is 15.9. The lowest BCUT2D eigenvalue weighted by Crippen LogP contribution is -2.13. The highest BCUT2D eigenvalue weighted by atomic mass is 16.5. The highest BCUT2D eigenvalue weighted by Gasteiger charge is 2.04. The van der Waals surface area contributed by atoms with Crippen LogP contribution in [0.25, 0.3) is 0 Å². The Labute approximate surface area is 118 Å². The maximum Gasteiger partial charge on any atom is 0.224 e. The van der Waals surface area contributed by atoms with Gasteiger partial charge in [-0.05, 0) is 37.6 Å². The number of anilines is 1. The molecule has 1 aromatic heterocycles. The second kappa shape index (κ2) is 7.28. The van der Waals surface area contributed by atoms with Gasteiger partial charge in [0.05, 0.1) is 18.0 Å². The fourth-order valence-corrected chi connectivity index (χ4v) is 1.77. The number of carbonyl (C=O) groups is 1. The number of benzene rings is 1. The van der Waals surface area contributed by atoms with Crippen LogP contribution in [-0.2, 0) is 4.79 Å². The molecule has 1 aromatic carbocycles. The second-order valence-electron chi connectivity index (χ2n) is 4.45. The molecule has 2 aromatic rings. The van der Waals surface area contributed by atoms with Crippen LogP contribution < -0.4 is 10.1 Å². The first-order valence-electron chi connectivity index (χ1n) is 6.65. The molecule has 1 N–H and O–H groups in total. The molecule has 104 valence electrons. The normalized spacial score (nSPS) is 10.1. The van der Waals surface area contributed by atoms with Gasteiger partial charge in [-0.3, -0.25) is 9.78 Å².